The lowest BCUT2D eigenvalue weighted by Gasteiger charge is -2.13. The van der Waals surface area contributed by atoms with Crippen molar-refractivity contribution in [3.8, 4) is 0 Å². The van der Waals surface area contributed by atoms with Crippen molar-refractivity contribution in [2.75, 3.05) is 13.1 Å². The average Bonchev–Trinajstić information content (AvgIpc) is 2.81. The third kappa shape index (κ3) is 3.77. The summed E-state index contributed by atoms with van der Waals surface area (Å²) in [5, 5.41) is 12.0. The standard InChI is InChI=1S/C15H24N4/c1-12(2)11-16-10-6-7-13(3)19-15-9-5-4-8-14(15)17-18-19/h4-5,8-9,12-13,16H,6-7,10-11H2,1-3H3. The van der Waals surface area contributed by atoms with E-state index < -0.39 is 0 Å². The van der Waals surface area contributed by atoms with Gasteiger partial charge >= 0.3 is 0 Å². The van der Waals surface area contributed by atoms with E-state index in [1.165, 1.54) is 6.42 Å². The Hall–Kier alpha value is -1.42. The molecule has 19 heavy (non-hydrogen) atoms. The summed E-state index contributed by atoms with van der Waals surface area (Å²) in [4.78, 5) is 0. The van der Waals surface area contributed by atoms with Gasteiger partial charge in [0.1, 0.15) is 5.52 Å². The van der Waals surface area contributed by atoms with Crippen LogP contribution in [0.2, 0.25) is 0 Å². The van der Waals surface area contributed by atoms with E-state index in [4.69, 9.17) is 0 Å². The topological polar surface area (TPSA) is 42.7 Å². The number of para-hydroxylation sites is 1. The van der Waals surface area contributed by atoms with E-state index in [0.29, 0.717) is 6.04 Å². The smallest absolute Gasteiger partial charge is 0.113 e. The Morgan fingerprint density at radius 2 is 2.00 bits per heavy atom. The molecule has 4 nitrogen and oxygen atoms in total. The number of nitrogens with one attached hydrogen (secondary N) is 1. The minimum Gasteiger partial charge on any atom is -0.316 e. The number of hydrogen-bond acceptors (Lipinski definition) is 3. The molecule has 1 atom stereocenters. The second kappa shape index (κ2) is 6.66. The molecule has 0 bridgehead atoms. The Labute approximate surface area is 115 Å². The minimum atomic E-state index is 0.397. The van der Waals surface area contributed by atoms with Crippen molar-refractivity contribution in [3.05, 3.63) is 24.3 Å². The second-order valence-corrected chi connectivity index (χ2v) is 5.61. The second-order valence-electron chi connectivity index (χ2n) is 5.61. The van der Waals surface area contributed by atoms with Crippen molar-refractivity contribution in [2.45, 2.75) is 39.7 Å². The Balaban J connectivity index is 1.84. The molecule has 0 spiro atoms. The predicted octanol–water partition coefficient (Wildman–Crippen LogP) is 3.02. The van der Waals surface area contributed by atoms with E-state index in [-0.39, 0.29) is 0 Å². The van der Waals surface area contributed by atoms with Gasteiger partial charge in [-0.2, -0.15) is 0 Å². The van der Waals surface area contributed by atoms with Crippen LogP contribution in [0.3, 0.4) is 0 Å². The van der Waals surface area contributed by atoms with Gasteiger partial charge < -0.3 is 5.32 Å². The molecular weight excluding hydrogens is 236 g/mol. The summed E-state index contributed by atoms with van der Waals surface area (Å²) in [6.45, 7) is 8.85. The monoisotopic (exact) mass is 260 g/mol. The molecule has 0 aliphatic rings. The molecule has 104 valence electrons. The van der Waals surface area contributed by atoms with Crippen molar-refractivity contribution in [1.29, 1.82) is 0 Å². The molecule has 4 heteroatoms. The van der Waals surface area contributed by atoms with Crippen LogP contribution in [0.4, 0.5) is 0 Å². The molecule has 1 aromatic heterocycles. The quantitative estimate of drug-likeness (QED) is 0.778. The third-order valence-electron chi connectivity index (χ3n) is 3.32. The van der Waals surface area contributed by atoms with Crippen LogP contribution >= 0.6 is 0 Å². The molecule has 1 unspecified atom stereocenters. The van der Waals surface area contributed by atoms with Gasteiger partial charge in [-0.3, -0.25) is 0 Å². The number of hydrogen-bond donors (Lipinski definition) is 1. The summed E-state index contributed by atoms with van der Waals surface area (Å²) in [5.74, 6) is 0.719. The van der Waals surface area contributed by atoms with Crippen LogP contribution in [0.5, 0.6) is 0 Å². The Kier molecular flexibility index (Phi) is 4.91. The first-order valence-electron chi connectivity index (χ1n) is 7.19. The van der Waals surface area contributed by atoms with E-state index in [2.05, 4.69) is 42.5 Å². The molecule has 0 saturated carbocycles. The summed E-state index contributed by atoms with van der Waals surface area (Å²) in [6.07, 6.45) is 2.29. The molecule has 0 amide bonds. The van der Waals surface area contributed by atoms with E-state index in [9.17, 15) is 0 Å². The number of rotatable bonds is 7. The maximum absolute atomic E-state index is 4.27. The van der Waals surface area contributed by atoms with Gasteiger partial charge in [0.05, 0.1) is 11.6 Å². The highest BCUT2D eigenvalue weighted by atomic mass is 15.4. The van der Waals surface area contributed by atoms with Crippen molar-refractivity contribution >= 4 is 11.0 Å². The van der Waals surface area contributed by atoms with Crippen molar-refractivity contribution in [2.24, 2.45) is 5.92 Å². The normalized spacial score (nSPS) is 13.3. The van der Waals surface area contributed by atoms with Gasteiger partial charge in [-0.15, -0.1) is 5.10 Å². The number of aromatic nitrogens is 3. The van der Waals surface area contributed by atoms with Crippen LogP contribution in [-0.2, 0) is 0 Å². The predicted molar refractivity (Wildman–Crippen MR) is 79.2 cm³/mol. The fourth-order valence-electron chi connectivity index (χ4n) is 2.25. The molecule has 1 aromatic carbocycles. The fraction of sp³-hybridized carbons (Fsp3) is 0.600. The summed E-state index contributed by atoms with van der Waals surface area (Å²) >= 11 is 0. The van der Waals surface area contributed by atoms with Crippen LogP contribution in [-0.4, -0.2) is 28.1 Å². The van der Waals surface area contributed by atoms with E-state index in [0.717, 1.165) is 36.5 Å². The van der Waals surface area contributed by atoms with E-state index in [1.54, 1.807) is 0 Å². The Morgan fingerprint density at radius 3 is 2.79 bits per heavy atom. The van der Waals surface area contributed by atoms with Gasteiger partial charge in [0.2, 0.25) is 0 Å². The molecule has 0 saturated heterocycles. The van der Waals surface area contributed by atoms with E-state index in [1.807, 2.05) is 22.9 Å². The Bertz CT molecular complexity index is 504. The molecule has 1 heterocycles. The van der Waals surface area contributed by atoms with Gasteiger partial charge in [-0.05, 0) is 50.9 Å². The summed E-state index contributed by atoms with van der Waals surface area (Å²) < 4.78 is 2.04. The van der Waals surface area contributed by atoms with Gasteiger partial charge in [-0.1, -0.05) is 31.2 Å². The lowest BCUT2D eigenvalue weighted by Crippen LogP contribution is -2.21. The zero-order chi connectivity index (χ0) is 13.7. The van der Waals surface area contributed by atoms with Gasteiger partial charge in [-0.25, -0.2) is 4.68 Å². The molecule has 0 aliphatic heterocycles. The lowest BCUT2D eigenvalue weighted by atomic mass is 10.1. The largest absolute Gasteiger partial charge is 0.316 e. The number of nitrogens with zero attached hydrogens (tertiary/aromatic N) is 3. The molecule has 0 aliphatic carbocycles. The van der Waals surface area contributed by atoms with Gasteiger partial charge in [0.15, 0.2) is 0 Å². The highest BCUT2D eigenvalue weighted by Crippen LogP contribution is 2.18. The maximum Gasteiger partial charge on any atom is 0.113 e. The van der Waals surface area contributed by atoms with Crippen LogP contribution in [0.25, 0.3) is 11.0 Å². The average molecular weight is 260 g/mol. The van der Waals surface area contributed by atoms with Crippen LogP contribution in [0, 0.1) is 5.92 Å². The molecule has 0 radical (unpaired) electrons. The highest BCUT2D eigenvalue weighted by Gasteiger charge is 2.10. The zero-order valence-electron chi connectivity index (χ0n) is 12.1. The van der Waals surface area contributed by atoms with Crippen LogP contribution in [0.15, 0.2) is 24.3 Å². The van der Waals surface area contributed by atoms with Crippen LogP contribution < -0.4 is 5.32 Å². The van der Waals surface area contributed by atoms with E-state index >= 15 is 0 Å². The first-order chi connectivity index (χ1) is 9.18. The Morgan fingerprint density at radius 1 is 1.21 bits per heavy atom. The van der Waals surface area contributed by atoms with Crippen molar-refractivity contribution in [1.82, 2.24) is 20.3 Å². The summed E-state index contributed by atoms with van der Waals surface area (Å²) in [7, 11) is 0. The molecular formula is C15H24N4. The van der Waals surface area contributed by atoms with Crippen molar-refractivity contribution in [3.63, 3.8) is 0 Å². The molecule has 0 fully saturated rings. The highest BCUT2D eigenvalue weighted by molar-refractivity contribution is 5.73. The van der Waals surface area contributed by atoms with Crippen molar-refractivity contribution < 1.29 is 0 Å². The first kappa shape index (κ1) is 14.0. The third-order valence-corrected chi connectivity index (χ3v) is 3.32. The zero-order valence-corrected chi connectivity index (χ0v) is 12.1. The summed E-state index contributed by atoms with van der Waals surface area (Å²) in [6, 6.07) is 8.53. The molecule has 2 aromatic rings. The number of fused-ring (bicyclic) bond motifs is 1. The number of benzene rings is 1. The maximum atomic E-state index is 4.27. The first-order valence-corrected chi connectivity index (χ1v) is 7.19. The van der Waals surface area contributed by atoms with Gasteiger partial charge in [0, 0.05) is 0 Å². The minimum absolute atomic E-state index is 0.397. The molecule has 2 rings (SSSR count). The summed E-state index contributed by atoms with van der Waals surface area (Å²) in [5.41, 5.74) is 2.11. The van der Waals surface area contributed by atoms with Crippen LogP contribution in [0.1, 0.15) is 39.7 Å². The lowest BCUT2D eigenvalue weighted by molar-refractivity contribution is 0.434. The SMILES string of the molecule is CC(C)CNCCCC(C)n1nnc2ccccc21. The molecule has 1 N–H and O–H groups in total. The fourth-order valence-corrected chi connectivity index (χ4v) is 2.25. The van der Waals surface area contributed by atoms with Gasteiger partial charge in [0.25, 0.3) is 0 Å².